The van der Waals surface area contributed by atoms with E-state index in [0.717, 1.165) is 22.7 Å². The normalized spacial score (nSPS) is 8.00. The molecule has 0 aliphatic rings. The molecule has 12 aromatic rings. The van der Waals surface area contributed by atoms with Gasteiger partial charge in [0.2, 0.25) is 0 Å². The molecule has 6 aromatic heterocycles. The first-order valence-corrected chi connectivity index (χ1v) is 45.0. The van der Waals surface area contributed by atoms with Crippen molar-refractivity contribution < 1.29 is 92.3 Å². The summed E-state index contributed by atoms with van der Waals surface area (Å²) in [6.07, 6.45) is 0. The molecule has 0 aliphatic carbocycles. The molecule has 6 heterocycles. The van der Waals surface area contributed by atoms with Crippen LogP contribution in [0.2, 0.25) is 31.9 Å². The Hall–Kier alpha value is -1.99. The van der Waals surface area contributed by atoms with Crippen molar-refractivity contribution >= 4 is 360 Å². The summed E-state index contributed by atoms with van der Waals surface area (Å²) in [6.45, 7) is 0. The van der Waals surface area contributed by atoms with Crippen molar-refractivity contribution in [3.63, 3.8) is 0 Å². The predicted octanol–water partition coefficient (Wildman–Crippen LogP) is 1.40. The van der Waals surface area contributed by atoms with Crippen molar-refractivity contribution in [1.82, 2.24) is 0 Å². The van der Waals surface area contributed by atoms with Crippen molar-refractivity contribution in [3.05, 3.63) is 323 Å². The Labute approximate surface area is 795 Å². The number of carboxylic acid groups (broad SMARTS) is 6. The maximum atomic E-state index is 10.0. The number of carbonyl (C=O) groups excluding carboxylic acids is 6. The maximum Gasteiger partial charge on any atom is 4.00 e. The van der Waals surface area contributed by atoms with Crippen LogP contribution in [0.5, 0.6) is 0 Å². The molecule has 0 bridgehead atoms. The molecule has 0 atom stereocenters. The standard InChI is InChI=1S/6C6H6O2SSe.6C6H5.6O.6Sn/c6*7-5(8)4-10-6-2-1-3-9-6;6*1-2-4-6-5-3-1;;;;;;;;;;;;/h6*1-3H,4H2,(H,7,8);6*1-5H;;;;;;;;;;;;/q;;;;;;6*-1;6*-2;6*+4/p-6. The zero-order valence-corrected chi connectivity index (χ0v) is 88.5. The van der Waals surface area contributed by atoms with Crippen LogP contribution in [-0.2, 0) is 61.6 Å². The Balaban J connectivity index is -0.0000000927. The minimum absolute atomic E-state index is 0. The molecule has 108 heavy (non-hydrogen) atoms. The second kappa shape index (κ2) is 101. The van der Waals surface area contributed by atoms with E-state index >= 15 is 0 Å². The van der Waals surface area contributed by atoms with Gasteiger partial charge in [0.1, 0.15) is 0 Å². The van der Waals surface area contributed by atoms with Crippen LogP contribution in [0.15, 0.2) is 287 Å². The van der Waals surface area contributed by atoms with Crippen LogP contribution in [0.3, 0.4) is 0 Å². The van der Waals surface area contributed by atoms with E-state index in [1.54, 1.807) is 68.0 Å². The van der Waals surface area contributed by atoms with Crippen LogP contribution in [0.25, 0.3) is 0 Å². The first kappa shape index (κ1) is 132. The van der Waals surface area contributed by atoms with Gasteiger partial charge >= 0.3 is 556 Å². The molecule has 6 aromatic carbocycles. The van der Waals surface area contributed by atoms with Crippen LogP contribution < -0.4 is 53.3 Å². The van der Waals surface area contributed by atoms with Crippen molar-refractivity contribution in [2.24, 2.45) is 0 Å². The summed E-state index contributed by atoms with van der Waals surface area (Å²) in [4.78, 5) is 60.0. The van der Waals surface area contributed by atoms with Gasteiger partial charge in [-0.15, -0.1) is 0 Å². The molecule has 0 amide bonds. The number of hydrogen-bond donors (Lipinski definition) is 0. The van der Waals surface area contributed by atoms with E-state index in [4.69, 9.17) is 0 Å². The minimum atomic E-state index is -0.951. The second-order valence-electron chi connectivity index (χ2n) is 16.0. The molecule has 18 nitrogen and oxygen atoms in total. The van der Waals surface area contributed by atoms with E-state index in [0.29, 0.717) is 0 Å². The number of benzene rings is 6. The number of rotatable bonds is 18. The van der Waals surface area contributed by atoms with Gasteiger partial charge < -0.3 is 32.9 Å². The largest absolute Gasteiger partial charge is 4.00 e. The summed E-state index contributed by atoms with van der Waals surface area (Å²) in [5.41, 5.74) is 0. The Morgan fingerprint density at radius 3 is 0.380 bits per heavy atom. The Kier molecular flexibility index (Phi) is 124. The van der Waals surface area contributed by atoms with Gasteiger partial charge in [-0.25, -0.2) is 0 Å². The molecule has 0 spiro atoms. The number of carboxylic acids is 6. The number of hydrogen-bond acceptors (Lipinski definition) is 18. The first-order chi connectivity index (χ1) is 46.7. The second-order valence-corrected chi connectivity index (χ2v) is 38.0. The van der Waals surface area contributed by atoms with E-state index in [1.165, 1.54) is 0 Å². The topological polar surface area (TPSA) is 412 Å². The average Bonchev–Trinajstić information content (AvgIpc) is 1.89. The Morgan fingerprint density at radius 2 is 0.324 bits per heavy atom. The average molecular weight is 2590 g/mol. The summed E-state index contributed by atoms with van der Waals surface area (Å²) >= 11 is 10.1. The van der Waals surface area contributed by atoms with Gasteiger partial charge in [0.25, 0.3) is 0 Å². The number of thiophene rings is 6. The van der Waals surface area contributed by atoms with Gasteiger partial charge in [-0.1, -0.05) is 0 Å². The molecule has 0 N–H and O–H groups in total. The van der Waals surface area contributed by atoms with E-state index in [2.05, 4.69) is 36.4 Å². The summed E-state index contributed by atoms with van der Waals surface area (Å²) < 4.78 is 6.98. The van der Waals surface area contributed by atoms with Crippen LogP contribution in [0, 0.1) is 36.4 Å². The van der Waals surface area contributed by atoms with Crippen LogP contribution >= 0.6 is 68.0 Å². The predicted molar refractivity (Wildman–Crippen MR) is 427 cm³/mol. The van der Waals surface area contributed by atoms with E-state index in [-0.39, 0.29) is 298 Å². The molecular weight excluding hydrogens is 2530 g/mol. The summed E-state index contributed by atoms with van der Waals surface area (Å²) in [7, 11) is 0. The fourth-order valence-electron chi connectivity index (χ4n) is 4.91. The van der Waals surface area contributed by atoms with E-state index in [9.17, 15) is 59.4 Å². The summed E-state index contributed by atoms with van der Waals surface area (Å²) in [6, 6.07) is 98.3. The minimum Gasteiger partial charge on any atom is -2.00 e. The molecule has 0 radical (unpaired) electrons. The van der Waals surface area contributed by atoms with Crippen LogP contribution in [0.4, 0.5) is 0 Å². The fraction of sp³-hybridized carbons (Fsp3) is 0.0833. The van der Waals surface area contributed by atoms with Crippen molar-refractivity contribution in [2.75, 3.05) is 0 Å². The molecule has 0 unspecified atom stereocenters. The zero-order chi connectivity index (χ0) is 69.8. The smallest absolute Gasteiger partial charge is 2.00 e. The summed E-state index contributed by atoms with van der Waals surface area (Å²) in [5.74, 6) is -5.70. The van der Waals surface area contributed by atoms with Crippen molar-refractivity contribution in [3.8, 4) is 0 Å². The van der Waals surface area contributed by atoms with Gasteiger partial charge in [0.15, 0.2) is 0 Å². The van der Waals surface area contributed by atoms with Gasteiger partial charge in [-0.05, 0) is 0 Å². The molecular formula is C72H60O18S6Se6Sn6. The quantitative estimate of drug-likeness (QED) is 0.0869. The molecule has 0 aliphatic heterocycles. The number of aliphatic carboxylic acids is 6. The zero-order valence-electron chi connectivity index (χ0n) is 56.2. The van der Waals surface area contributed by atoms with Gasteiger partial charge in [0, 0.05) is 0 Å². The van der Waals surface area contributed by atoms with Gasteiger partial charge in [0.05, 0.1) is 0 Å². The third-order valence-corrected chi connectivity index (χ3v) is 30.0. The van der Waals surface area contributed by atoms with Crippen molar-refractivity contribution in [2.45, 2.75) is 31.9 Å². The maximum absolute atomic E-state index is 10.0. The van der Waals surface area contributed by atoms with Gasteiger partial charge in [-0.2, -0.15) is 218 Å². The van der Waals surface area contributed by atoms with E-state index < -0.39 is 35.8 Å². The molecule has 0 saturated carbocycles. The first-order valence-electron chi connectivity index (χ1n) is 27.4. The van der Waals surface area contributed by atoms with Crippen LogP contribution in [-0.4, -0.2) is 269 Å². The van der Waals surface area contributed by atoms with Crippen LogP contribution in [0.1, 0.15) is 0 Å². The monoisotopic (exact) mass is 2600 g/mol. The van der Waals surface area contributed by atoms with E-state index in [1.807, 2.05) is 287 Å². The summed E-state index contributed by atoms with van der Waals surface area (Å²) in [5, 5.41) is 72.9. The Bertz CT molecular complexity index is 2830. The Morgan fingerprint density at radius 1 is 0.213 bits per heavy atom. The SMILES string of the molecule is O=C([O-])C[Se]c1cccs1.O=C([O-])C[Se]c1cccs1.O=C([O-])C[Se]c1cccs1.O=C([O-])C[Se]c1cccs1.O=C([O-])C[Se]c1cccs1.O=C([O-])C[Se]c1cccs1.[O-2].[O-2].[O-2].[O-2].[O-2].[O-2].[Sn+4].[Sn+4].[Sn+4].[Sn+4].[Sn+4].[Sn+4].[c-]1ccccc1.[c-]1ccccc1.[c-]1ccccc1.[c-]1ccccc1.[c-]1ccccc1.[c-]1ccccc1. The third kappa shape index (κ3) is 98.2. The molecule has 36 heteroatoms. The third-order valence-electron chi connectivity index (χ3n) is 8.61. The molecule has 552 valence electrons. The number of carbonyl (C=O) groups is 6. The molecule has 0 saturated heterocycles. The molecule has 0 fully saturated rings. The molecule has 12 rings (SSSR count). The van der Waals surface area contributed by atoms with Crippen molar-refractivity contribution in [1.29, 1.82) is 0 Å². The van der Waals surface area contributed by atoms with Gasteiger partial charge in [-0.3, -0.25) is 0 Å². The fourth-order valence-corrected chi connectivity index (χ4v) is 20.0.